The third kappa shape index (κ3) is 1.79. The standard InChI is InChI=1S/C18H19FN2O/c19-15-4-2-1-3-14(15)16-20-21-17(22-16)18-8-11-5-12(9-18)7-13(6-11)10-18/h1-4,11-13H,5-10H2. The molecule has 4 saturated carbocycles. The molecule has 2 aromatic rings. The van der Waals surface area contributed by atoms with Gasteiger partial charge in [0, 0.05) is 5.41 Å². The second kappa shape index (κ2) is 4.40. The Morgan fingerprint density at radius 2 is 1.59 bits per heavy atom. The van der Waals surface area contributed by atoms with Crippen molar-refractivity contribution in [2.24, 2.45) is 17.8 Å². The van der Waals surface area contributed by atoms with Crippen LogP contribution in [0.15, 0.2) is 28.7 Å². The first kappa shape index (κ1) is 12.8. The number of hydrogen-bond acceptors (Lipinski definition) is 3. The molecular formula is C18H19FN2O. The average Bonchev–Trinajstić information content (AvgIpc) is 2.97. The summed E-state index contributed by atoms with van der Waals surface area (Å²) in [7, 11) is 0. The van der Waals surface area contributed by atoms with Gasteiger partial charge in [0.15, 0.2) is 0 Å². The van der Waals surface area contributed by atoms with E-state index < -0.39 is 0 Å². The van der Waals surface area contributed by atoms with Crippen LogP contribution in [0.3, 0.4) is 0 Å². The van der Waals surface area contributed by atoms with Crippen LogP contribution in [0.1, 0.15) is 44.4 Å². The van der Waals surface area contributed by atoms with Crippen LogP contribution in [0.5, 0.6) is 0 Å². The van der Waals surface area contributed by atoms with Crippen molar-refractivity contribution >= 4 is 0 Å². The van der Waals surface area contributed by atoms with Crippen LogP contribution in [-0.2, 0) is 5.41 Å². The normalized spacial score (nSPS) is 36.0. The predicted octanol–water partition coefficient (Wildman–Crippen LogP) is 4.34. The van der Waals surface area contributed by atoms with Crippen LogP contribution in [-0.4, -0.2) is 10.2 Å². The first-order valence-electron chi connectivity index (χ1n) is 8.31. The van der Waals surface area contributed by atoms with E-state index in [9.17, 15) is 4.39 Å². The van der Waals surface area contributed by atoms with E-state index in [0.717, 1.165) is 23.6 Å². The minimum atomic E-state index is -0.303. The Kier molecular flexibility index (Phi) is 2.56. The molecule has 1 aromatic heterocycles. The lowest BCUT2D eigenvalue weighted by Crippen LogP contribution is -2.48. The molecular weight excluding hydrogens is 279 g/mol. The maximum absolute atomic E-state index is 13.9. The van der Waals surface area contributed by atoms with Gasteiger partial charge in [-0.1, -0.05) is 12.1 Å². The highest BCUT2D eigenvalue weighted by Crippen LogP contribution is 2.60. The molecule has 4 fully saturated rings. The van der Waals surface area contributed by atoms with Gasteiger partial charge in [-0.15, -0.1) is 10.2 Å². The summed E-state index contributed by atoms with van der Waals surface area (Å²) in [4.78, 5) is 0. The Hall–Kier alpha value is -1.71. The number of rotatable bonds is 2. The molecule has 114 valence electrons. The van der Waals surface area contributed by atoms with Crippen molar-refractivity contribution in [3.63, 3.8) is 0 Å². The third-order valence-electron chi connectivity index (χ3n) is 6.02. The zero-order chi connectivity index (χ0) is 14.7. The van der Waals surface area contributed by atoms with Gasteiger partial charge in [-0.25, -0.2) is 4.39 Å². The Morgan fingerprint density at radius 1 is 0.955 bits per heavy atom. The molecule has 4 aliphatic carbocycles. The first-order valence-corrected chi connectivity index (χ1v) is 8.31. The quantitative estimate of drug-likeness (QED) is 0.827. The highest BCUT2D eigenvalue weighted by atomic mass is 19.1. The van der Waals surface area contributed by atoms with E-state index in [1.807, 2.05) is 0 Å². The van der Waals surface area contributed by atoms with Gasteiger partial charge in [0.25, 0.3) is 5.89 Å². The van der Waals surface area contributed by atoms with E-state index in [4.69, 9.17) is 4.42 Å². The summed E-state index contributed by atoms with van der Waals surface area (Å²) in [5.41, 5.74) is 0.483. The van der Waals surface area contributed by atoms with Gasteiger partial charge in [0.1, 0.15) is 5.82 Å². The fraction of sp³-hybridized carbons (Fsp3) is 0.556. The lowest BCUT2D eigenvalue weighted by Gasteiger charge is -2.55. The summed E-state index contributed by atoms with van der Waals surface area (Å²) in [5.74, 6) is 3.26. The van der Waals surface area contributed by atoms with E-state index in [2.05, 4.69) is 10.2 Å². The van der Waals surface area contributed by atoms with Gasteiger partial charge in [-0.2, -0.15) is 0 Å². The molecule has 0 saturated heterocycles. The molecule has 6 rings (SSSR count). The van der Waals surface area contributed by atoms with Crippen molar-refractivity contribution in [3.05, 3.63) is 36.0 Å². The lowest BCUT2D eigenvalue weighted by atomic mass is 9.49. The Bertz CT molecular complexity index is 688. The van der Waals surface area contributed by atoms with E-state index in [1.165, 1.54) is 44.6 Å². The molecule has 1 heterocycles. The van der Waals surface area contributed by atoms with Crippen molar-refractivity contribution < 1.29 is 8.81 Å². The average molecular weight is 298 g/mol. The maximum Gasteiger partial charge on any atom is 0.250 e. The van der Waals surface area contributed by atoms with Gasteiger partial charge in [-0.05, 0) is 68.4 Å². The molecule has 0 unspecified atom stereocenters. The van der Waals surface area contributed by atoms with E-state index >= 15 is 0 Å². The molecule has 0 aliphatic heterocycles. The van der Waals surface area contributed by atoms with Crippen molar-refractivity contribution in [1.29, 1.82) is 0 Å². The Balaban J connectivity index is 1.53. The van der Waals surface area contributed by atoms with Crippen molar-refractivity contribution in [1.82, 2.24) is 10.2 Å². The van der Waals surface area contributed by atoms with Crippen LogP contribution < -0.4 is 0 Å². The summed E-state index contributed by atoms with van der Waals surface area (Å²) in [5, 5.41) is 8.49. The van der Waals surface area contributed by atoms with E-state index in [1.54, 1.807) is 18.2 Å². The first-order chi connectivity index (χ1) is 10.7. The number of aromatic nitrogens is 2. The molecule has 4 aliphatic rings. The molecule has 0 radical (unpaired) electrons. The number of nitrogens with zero attached hydrogens (tertiary/aromatic N) is 2. The van der Waals surface area contributed by atoms with Crippen molar-refractivity contribution in [2.75, 3.05) is 0 Å². The minimum Gasteiger partial charge on any atom is -0.420 e. The molecule has 0 amide bonds. The SMILES string of the molecule is Fc1ccccc1-c1nnc(C23CC4CC(CC(C4)C2)C3)o1. The summed E-state index contributed by atoms with van der Waals surface area (Å²) in [6.45, 7) is 0. The van der Waals surface area contributed by atoms with Crippen LogP contribution in [0.4, 0.5) is 4.39 Å². The van der Waals surface area contributed by atoms with Crippen molar-refractivity contribution in [2.45, 2.75) is 43.9 Å². The topological polar surface area (TPSA) is 38.9 Å². The fourth-order valence-corrected chi connectivity index (χ4v) is 5.55. The second-order valence-electron chi connectivity index (χ2n) is 7.59. The minimum absolute atomic E-state index is 0.0747. The molecule has 4 bridgehead atoms. The number of hydrogen-bond donors (Lipinski definition) is 0. The summed E-state index contributed by atoms with van der Waals surface area (Å²) in [6.07, 6.45) is 7.68. The van der Waals surface area contributed by atoms with Gasteiger partial charge in [0.2, 0.25) is 5.89 Å². The largest absolute Gasteiger partial charge is 0.420 e. The second-order valence-corrected chi connectivity index (χ2v) is 7.59. The summed E-state index contributed by atoms with van der Waals surface area (Å²) >= 11 is 0. The van der Waals surface area contributed by atoms with Crippen LogP contribution in [0, 0.1) is 23.6 Å². The highest BCUT2D eigenvalue weighted by Gasteiger charge is 2.54. The Labute approximate surface area is 128 Å². The maximum atomic E-state index is 13.9. The van der Waals surface area contributed by atoms with Crippen LogP contribution in [0.25, 0.3) is 11.5 Å². The smallest absolute Gasteiger partial charge is 0.250 e. The molecule has 0 spiro atoms. The summed E-state index contributed by atoms with van der Waals surface area (Å²) < 4.78 is 19.9. The van der Waals surface area contributed by atoms with Crippen LogP contribution in [0.2, 0.25) is 0 Å². The fourth-order valence-electron chi connectivity index (χ4n) is 5.55. The highest BCUT2D eigenvalue weighted by molar-refractivity contribution is 5.53. The number of halogens is 1. The molecule has 4 heteroatoms. The lowest BCUT2D eigenvalue weighted by molar-refractivity contribution is -0.0176. The van der Waals surface area contributed by atoms with E-state index in [0.29, 0.717) is 11.5 Å². The van der Waals surface area contributed by atoms with E-state index in [-0.39, 0.29) is 11.2 Å². The van der Waals surface area contributed by atoms with Gasteiger partial charge < -0.3 is 4.42 Å². The number of benzene rings is 1. The van der Waals surface area contributed by atoms with Gasteiger partial charge in [0.05, 0.1) is 5.56 Å². The van der Waals surface area contributed by atoms with Gasteiger partial charge >= 0.3 is 0 Å². The van der Waals surface area contributed by atoms with Crippen molar-refractivity contribution in [3.8, 4) is 11.5 Å². The zero-order valence-corrected chi connectivity index (χ0v) is 12.5. The Morgan fingerprint density at radius 3 is 2.23 bits per heavy atom. The molecule has 22 heavy (non-hydrogen) atoms. The molecule has 3 nitrogen and oxygen atoms in total. The predicted molar refractivity (Wildman–Crippen MR) is 79.5 cm³/mol. The molecule has 1 aromatic carbocycles. The zero-order valence-electron chi connectivity index (χ0n) is 12.5. The third-order valence-corrected chi connectivity index (χ3v) is 6.02. The summed E-state index contributed by atoms with van der Waals surface area (Å²) in [6, 6.07) is 6.61. The molecule has 0 atom stereocenters. The monoisotopic (exact) mass is 298 g/mol. The van der Waals surface area contributed by atoms with Gasteiger partial charge in [-0.3, -0.25) is 0 Å². The molecule has 0 N–H and O–H groups in total. The van der Waals surface area contributed by atoms with Crippen LogP contribution >= 0.6 is 0 Å².